The largest absolute Gasteiger partial charge is 0.465 e. The maximum atomic E-state index is 12.7. The van der Waals surface area contributed by atoms with Gasteiger partial charge in [0, 0.05) is 0 Å². The van der Waals surface area contributed by atoms with Crippen LogP contribution < -0.4 is 0 Å². The molecule has 1 saturated carbocycles. The Labute approximate surface area is 173 Å². The van der Waals surface area contributed by atoms with Gasteiger partial charge in [-0.25, -0.2) is 0 Å². The molecule has 1 rings (SSSR count). The SMILES string of the molecule is CCCCC(CC)COC(=O)C1CCCCC1C(=O)OCC(CC)CC(C)C. The lowest BCUT2D eigenvalue weighted by Gasteiger charge is -2.29. The molecular weight excluding hydrogens is 352 g/mol. The van der Waals surface area contributed by atoms with Crippen LogP contribution in [0.3, 0.4) is 0 Å². The summed E-state index contributed by atoms with van der Waals surface area (Å²) in [5.41, 5.74) is 0. The second kappa shape index (κ2) is 14.0. The van der Waals surface area contributed by atoms with Crippen LogP contribution in [0, 0.1) is 29.6 Å². The first-order valence-electron chi connectivity index (χ1n) is 11.8. The summed E-state index contributed by atoms with van der Waals surface area (Å²) in [7, 11) is 0. The molecule has 0 aliphatic heterocycles. The molecule has 1 fully saturated rings. The van der Waals surface area contributed by atoms with E-state index in [1.165, 1.54) is 6.42 Å². The van der Waals surface area contributed by atoms with Crippen LogP contribution in [0.25, 0.3) is 0 Å². The summed E-state index contributed by atoms with van der Waals surface area (Å²) in [6, 6.07) is 0. The first kappa shape index (κ1) is 25.0. The molecular formula is C24H44O4. The standard InChI is InChI=1S/C24H44O4/c1-6-9-12-19(7-2)16-27-23(25)21-13-10-11-14-22(21)24(26)28-17-20(8-3)15-18(4)5/h18-22H,6-17H2,1-5H3. The lowest BCUT2D eigenvalue weighted by atomic mass is 9.79. The van der Waals surface area contributed by atoms with E-state index in [0.29, 0.717) is 31.0 Å². The minimum atomic E-state index is -0.325. The molecule has 164 valence electrons. The third-order valence-corrected chi connectivity index (χ3v) is 6.22. The van der Waals surface area contributed by atoms with Crippen molar-refractivity contribution in [1.82, 2.24) is 0 Å². The molecule has 28 heavy (non-hydrogen) atoms. The minimum absolute atomic E-state index is 0.189. The summed E-state index contributed by atoms with van der Waals surface area (Å²) >= 11 is 0. The Hall–Kier alpha value is -1.06. The Bertz CT molecular complexity index is 446. The maximum absolute atomic E-state index is 12.7. The highest BCUT2D eigenvalue weighted by atomic mass is 16.5. The first-order chi connectivity index (χ1) is 13.4. The molecule has 0 bridgehead atoms. The molecule has 4 atom stereocenters. The zero-order chi connectivity index (χ0) is 20.9. The molecule has 4 nitrogen and oxygen atoms in total. The van der Waals surface area contributed by atoms with E-state index in [4.69, 9.17) is 9.47 Å². The number of esters is 2. The Morgan fingerprint density at radius 3 is 1.79 bits per heavy atom. The van der Waals surface area contributed by atoms with Crippen LogP contribution >= 0.6 is 0 Å². The molecule has 0 aromatic rings. The van der Waals surface area contributed by atoms with Crippen molar-refractivity contribution in [2.24, 2.45) is 29.6 Å². The molecule has 0 amide bonds. The van der Waals surface area contributed by atoms with E-state index in [9.17, 15) is 9.59 Å². The van der Waals surface area contributed by atoms with Gasteiger partial charge in [0.25, 0.3) is 0 Å². The van der Waals surface area contributed by atoms with E-state index in [0.717, 1.165) is 57.8 Å². The summed E-state index contributed by atoms with van der Waals surface area (Å²) in [5, 5.41) is 0. The van der Waals surface area contributed by atoms with Crippen LogP contribution in [0.15, 0.2) is 0 Å². The molecule has 0 saturated heterocycles. The monoisotopic (exact) mass is 396 g/mol. The number of carbonyl (C=O) groups is 2. The maximum Gasteiger partial charge on any atom is 0.309 e. The summed E-state index contributed by atoms with van der Waals surface area (Å²) in [5.74, 6) is 0.401. The summed E-state index contributed by atoms with van der Waals surface area (Å²) in [4.78, 5) is 25.4. The molecule has 0 aromatic carbocycles. The highest BCUT2D eigenvalue weighted by molar-refractivity contribution is 5.82. The third-order valence-electron chi connectivity index (χ3n) is 6.22. The van der Waals surface area contributed by atoms with Gasteiger partial charge in [0.2, 0.25) is 0 Å². The van der Waals surface area contributed by atoms with Crippen molar-refractivity contribution < 1.29 is 19.1 Å². The molecule has 1 aliphatic rings. The van der Waals surface area contributed by atoms with Crippen molar-refractivity contribution in [3.8, 4) is 0 Å². The fourth-order valence-corrected chi connectivity index (χ4v) is 4.23. The molecule has 0 radical (unpaired) electrons. The molecule has 0 N–H and O–H groups in total. The molecule has 1 aliphatic carbocycles. The number of carbonyl (C=O) groups excluding carboxylic acids is 2. The van der Waals surface area contributed by atoms with Crippen molar-refractivity contribution in [1.29, 1.82) is 0 Å². The van der Waals surface area contributed by atoms with Crippen LogP contribution in [-0.2, 0) is 19.1 Å². The fraction of sp³-hybridized carbons (Fsp3) is 0.917. The number of hydrogen-bond acceptors (Lipinski definition) is 4. The topological polar surface area (TPSA) is 52.6 Å². The highest BCUT2D eigenvalue weighted by Gasteiger charge is 2.38. The normalized spacial score (nSPS) is 21.9. The average molecular weight is 397 g/mol. The lowest BCUT2D eigenvalue weighted by Crippen LogP contribution is -2.36. The van der Waals surface area contributed by atoms with Gasteiger partial charge in [-0.3, -0.25) is 9.59 Å². The van der Waals surface area contributed by atoms with E-state index in [1.54, 1.807) is 0 Å². The fourth-order valence-electron chi connectivity index (χ4n) is 4.23. The minimum Gasteiger partial charge on any atom is -0.465 e. The number of rotatable bonds is 13. The van der Waals surface area contributed by atoms with Crippen molar-refractivity contribution in [3.63, 3.8) is 0 Å². The van der Waals surface area contributed by atoms with E-state index in [2.05, 4.69) is 34.6 Å². The smallest absolute Gasteiger partial charge is 0.309 e. The second-order valence-electron chi connectivity index (χ2n) is 9.08. The van der Waals surface area contributed by atoms with E-state index in [1.807, 2.05) is 0 Å². The third kappa shape index (κ3) is 8.96. The lowest BCUT2D eigenvalue weighted by molar-refractivity contribution is -0.164. The van der Waals surface area contributed by atoms with E-state index in [-0.39, 0.29) is 23.8 Å². The molecule has 0 heterocycles. The van der Waals surface area contributed by atoms with Crippen LogP contribution in [0.4, 0.5) is 0 Å². The first-order valence-corrected chi connectivity index (χ1v) is 11.8. The number of unbranched alkanes of at least 4 members (excludes halogenated alkanes) is 1. The Morgan fingerprint density at radius 2 is 1.36 bits per heavy atom. The van der Waals surface area contributed by atoms with Crippen LogP contribution in [-0.4, -0.2) is 25.2 Å². The van der Waals surface area contributed by atoms with Crippen molar-refractivity contribution >= 4 is 11.9 Å². The van der Waals surface area contributed by atoms with Gasteiger partial charge in [-0.1, -0.05) is 73.1 Å². The van der Waals surface area contributed by atoms with Gasteiger partial charge in [0.05, 0.1) is 25.0 Å². The van der Waals surface area contributed by atoms with Crippen LogP contribution in [0.5, 0.6) is 0 Å². The average Bonchev–Trinajstić information content (AvgIpc) is 2.70. The van der Waals surface area contributed by atoms with Crippen molar-refractivity contribution in [2.45, 2.75) is 98.8 Å². The zero-order valence-electron chi connectivity index (χ0n) is 19.0. The van der Waals surface area contributed by atoms with Gasteiger partial charge >= 0.3 is 11.9 Å². The van der Waals surface area contributed by atoms with Gasteiger partial charge in [-0.05, 0) is 43.4 Å². The molecule has 0 aromatic heterocycles. The number of hydrogen-bond donors (Lipinski definition) is 0. The van der Waals surface area contributed by atoms with Gasteiger partial charge in [0.1, 0.15) is 0 Å². The van der Waals surface area contributed by atoms with Gasteiger partial charge in [0.15, 0.2) is 0 Å². The van der Waals surface area contributed by atoms with Gasteiger partial charge < -0.3 is 9.47 Å². The zero-order valence-corrected chi connectivity index (χ0v) is 19.0. The van der Waals surface area contributed by atoms with E-state index >= 15 is 0 Å². The summed E-state index contributed by atoms with van der Waals surface area (Å²) < 4.78 is 11.3. The molecule has 4 heteroatoms. The van der Waals surface area contributed by atoms with Gasteiger partial charge in [-0.2, -0.15) is 0 Å². The molecule has 0 spiro atoms. The van der Waals surface area contributed by atoms with Crippen molar-refractivity contribution in [3.05, 3.63) is 0 Å². The van der Waals surface area contributed by atoms with Crippen LogP contribution in [0.2, 0.25) is 0 Å². The van der Waals surface area contributed by atoms with E-state index < -0.39 is 0 Å². The summed E-state index contributed by atoms with van der Waals surface area (Å²) in [6.45, 7) is 11.8. The molecule has 4 unspecified atom stereocenters. The predicted octanol–water partition coefficient (Wildman–Crippen LogP) is 6.17. The van der Waals surface area contributed by atoms with Gasteiger partial charge in [-0.15, -0.1) is 0 Å². The van der Waals surface area contributed by atoms with Crippen molar-refractivity contribution in [2.75, 3.05) is 13.2 Å². The summed E-state index contributed by atoms with van der Waals surface area (Å²) in [6.07, 6.45) is 10.00. The predicted molar refractivity (Wildman–Crippen MR) is 114 cm³/mol. The Balaban J connectivity index is 2.56. The second-order valence-corrected chi connectivity index (χ2v) is 9.08. The highest BCUT2D eigenvalue weighted by Crippen LogP contribution is 2.32. The number of ether oxygens (including phenoxy) is 2. The Kier molecular flexibility index (Phi) is 12.5. The Morgan fingerprint density at radius 1 is 0.857 bits per heavy atom. The quantitative estimate of drug-likeness (QED) is 0.349. The van der Waals surface area contributed by atoms with Crippen LogP contribution in [0.1, 0.15) is 98.8 Å².